The summed E-state index contributed by atoms with van der Waals surface area (Å²) in [7, 11) is 0. The number of hydrogen-bond donors (Lipinski definition) is 0. The molecule has 1 aliphatic heterocycles. The zero-order chi connectivity index (χ0) is 28.8. The van der Waals surface area contributed by atoms with Gasteiger partial charge in [-0.1, -0.05) is 91.0 Å². The summed E-state index contributed by atoms with van der Waals surface area (Å²) < 4.78 is 12.8. The summed E-state index contributed by atoms with van der Waals surface area (Å²) in [6.07, 6.45) is 0. The highest BCUT2D eigenvalue weighted by Gasteiger charge is 2.24. The average Bonchev–Trinajstić information content (AvgIpc) is 3.46. The number of furan rings is 1. The standard InChI is InChI=1S/C39H21N3O2/c1-2-7-25(8-3-1)37-40-38(26-18-20-31-29(21-26)27-10-4-5-11-30(27)43-31)42-39(41-37)28-19-17-24-16-15-23-14-13-22-9-6-12-32-33(22)34(23)35(24)36(28)44-32/h1-21H. The van der Waals surface area contributed by atoms with Gasteiger partial charge in [-0.25, -0.2) is 15.0 Å². The van der Waals surface area contributed by atoms with Gasteiger partial charge in [-0.3, -0.25) is 0 Å². The van der Waals surface area contributed by atoms with E-state index in [-0.39, 0.29) is 0 Å². The molecule has 0 unspecified atom stereocenters. The van der Waals surface area contributed by atoms with E-state index in [2.05, 4.69) is 54.6 Å². The second kappa shape index (κ2) is 8.72. The molecule has 7 aromatic carbocycles. The van der Waals surface area contributed by atoms with E-state index in [1.165, 1.54) is 10.8 Å². The van der Waals surface area contributed by atoms with Crippen molar-refractivity contribution in [1.82, 2.24) is 15.0 Å². The second-order valence-electron chi connectivity index (χ2n) is 11.2. The molecule has 0 bridgehead atoms. The Morgan fingerprint density at radius 1 is 0.432 bits per heavy atom. The second-order valence-corrected chi connectivity index (χ2v) is 11.2. The minimum Gasteiger partial charge on any atom is -0.456 e. The number of fused-ring (bicyclic) bond motifs is 3. The van der Waals surface area contributed by atoms with Crippen molar-refractivity contribution in [2.24, 2.45) is 0 Å². The van der Waals surface area contributed by atoms with E-state index in [1.807, 2.05) is 72.8 Å². The summed E-state index contributed by atoms with van der Waals surface area (Å²) in [5.41, 5.74) is 4.32. The number of ether oxygens (including phenoxy) is 1. The summed E-state index contributed by atoms with van der Waals surface area (Å²) in [5.74, 6) is 3.37. The predicted octanol–water partition coefficient (Wildman–Crippen LogP) is 10.3. The molecule has 0 saturated carbocycles. The fraction of sp³-hybridized carbons (Fsp3) is 0. The van der Waals surface area contributed by atoms with Gasteiger partial charge in [0.25, 0.3) is 0 Å². The molecule has 0 amide bonds. The molecule has 44 heavy (non-hydrogen) atoms. The van der Waals surface area contributed by atoms with Gasteiger partial charge < -0.3 is 9.15 Å². The lowest BCUT2D eigenvalue weighted by Crippen LogP contribution is -2.03. The molecule has 1 aliphatic rings. The van der Waals surface area contributed by atoms with Gasteiger partial charge in [-0.15, -0.1) is 0 Å². The van der Waals surface area contributed by atoms with Crippen molar-refractivity contribution in [2.75, 3.05) is 0 Å². The van der Waals surface area contributed by atoms with Crippen LogP contribution in [0, 0.1) is 0 Å². The van der Waals surface area contributed by atoms with Crippen molar-refractivity contribution >= 4 is 54.3 Å². The van der Waals surface area contributed by atoms with E-state index < -0.39 is 0 Å². The van der Waals surface area contributed by atoms with Crippen molar-refractivity contribution in [1.29, 1.82) is 0 Å². The molecular weight excluding hydrogens is 542 g/mol. The predicted molar refractivity (Wildman–Crippen MR) is 176 cm³/mol. The third kappa shape index (κ3) is 3.32. The van der Waals surface area contributed by atoms with E-state index in [0.29, 0.717) is 17.5 Å². The van der Waals surface area contributed by atoms with Crippen LogP contribution >= 0.6 is 0 Å². The molecule has 5 heteroatoms. The molecule has 0 atom stereocenters. The first kappa shape index (κ1) is 23.5. The zero-order valence-electron chi connectivity index (χ0n) is 23.3. The first-order valence-corrected chi connectivity index (χ1v) is 14.6. The molecule has 5 nitrogen and oxygen atoms in total. The van der Waals surface area contributed by atoms with Crippen molar-refractivity contribution in [3.05, 3.63) is 127 Å². The van der Waals surface area contributed by atoms with E-state index in [1.54, 1.807) is 0 Å². The number of para-hydroxylation sites is 1. The molecule has 0 fully saturated rings. The van der Waals surface area contributed by atoms with Crippen LogP contribution in [0.4, 0.5) is 0 Å². The molecule has 204 valence electrons. The third-order valence-corrected chi connectivity index (χ3v) is 8.68. The monoisotopic (exact) mass is 563 g/mol. The van der Waals surface area contributed by atoms with Crippen LogP contribution in [0.5, 0.6) is 11.5 Å². The van der Waals surface area contributed by atoms with Crippen molar-refractivity contribution in [3.63, 3.8) is 0 Å². The van der Waals surface area contributed by atoms with Crippen LogP contribution < -0.4 is 4.74 Å². The number of benzene rings is 7. The van der Waals surface area contributed by atoms with Gasteiger partial charge >= 0.3 is 0 Å². The maximum atomic E-state index is 6.74. The minimum absolute atomic E-state index is 0.562. The van der Waals surface area contributed by atoms with Gasteiger partial charge in [0.1, 0.15) is 22.7 Å². The normalized spacial score (nSPS) is 12.3. The van der Waals surface area contributed by atoms with Gasteiger partial charge in [0.15, 0.2) is 17.5 Å². The summed E-state index contributed by atoms with van der Waals surface area (Å²) >= 11 is 0. The molecule has 9 aromatic rings. The summed E-state index contributed by atoms with van der Waals surface area (Å²) in [4.78, 5) is 15.1. The largest absolute Gasteiger partial charge is 0.456 e. The molecule has 0 saturated heterocycles. The van der Waals surface area contributed by atoms with Crippen molar-refractivity contribution in [3.8, 4) is 45.7 Å². The Morgan fingerprint density at radius 2 is 1.11 bits per heavy atom. The topological polar surface area (TPSA) is 61.0 Å². The van der Waals surface area contributed by atoms with Crippen LogP contribution in [0.3, 0.4) is 0 Å². The van der Waals surface area contributed by atoms with Gasteiger partial charge in [0.05, 0.1) is 5.56 Å². The Morgan fingerprint density at radius 3 is 1.98 bits per heavy atom. The zero-order valence-corrected chi connectivity index (χ0v) is 23.3. The third-order valence-electron chi connectivity index (χ3n) is 8.68. The van der Waals surface area contributed by atoms with Gasteiger partial charge in [0, 0.05) is 38.1 Å². The Bertz CT molecular complexity index is 2640. The Kier molecular flexibility index (Phi) is 4.66. The lowest BCUT2D eigenvalue weighted by molar-refractivity contribution is 0.494. The molecule has 0 radical (unpaired) electrons. The van der Waals surface area contributed by atoms with Crippen LogP contribution in [0.25, 0.3) is 88.4 Å². The molecule has 10 rings (SSSR count). The van der Waals surface area contributed by atoms with E-state index in [9.17, 15) is 0 Å². The highest BCUT2D eigenvalue weighted by molar-refractivity contribution is 6.26. The fourth-order valence-corrected chi connectivity index (χ4v) is 6.63. The van der Waals surface area contributed by atoms with E-state index >= 15 is 0 Å². The molecule has 0 aliphatic carbocycles. The Balaban J connectivity index is 1.26. The smallest absolute Gasteiger partial charge is 0.167 e. The minimum atomic E-state index is 0.562. The maximum Gasteiger partial charge on any atom is 0.167 e. The van der Waals surface area contributed by atoms with Crippen LogP contribution in [0.2, 0.25) is 0 Å². The quantitative estimate of drug-likeness (QED) is 0.200. The van der Waals surface area contributed by atoms with E-state index in [4.69, 9.17) is 24.1 Å². The van der Waals surface area contributed by atoms with Crippen LogP contribution in [-0.4, -0.2) is 15.0 Å². The highest BCUT2D eigenvalue weighted by atomic mass is 16.5. The lowest BCUT2D eigenvalue weighted by atomic mass is 9.92. The summed E-state index contributed by atoms with van der Waals surface area (Å²) in [5, 5.41) is 8.97. The van der Waals surface area contributed by atoms with Crippen molar-refractivity contribution < 1.29 is 9.15 Å². The number of nitrogens with zero attached hydrogens (tertiary/aromatic N) is 3. The first-order chi connectivity index (χ1) is 21.8. The molecule has 0 spiro atoms. The van der Waals surface area contributed by atoms with Crippen LogP contribution in [-0.2, 0) is 0 Å². The van der Waals surface area contributed by atoms with Gasteiger partial charge in [-0.2, -0.15) is 0 Å². The number of rotatable bonds is 3. The summed E-state index contributed by atoms with van der Waals surface area (Å²) in [6, 6.07) is 43.4. The van der Waals surface area contributed by atoms with Crippen LogP contribution in [0.15, 0.2) is 132 Å². The van der Waals surface area contributed by atoms with Gasteiger partial charge in [0.2, 0.25) is 0 Å². The van der Waals surface area contributed by atoms with Crippen molar-refractivity contribution in [2.45, 2.75) is 0 Å². The summed E-state index contributed by atoms with van der Waals surface area (Å²) in [6.45, 7) is 0. The molecule has 0 N–H and O–H groups in total. The van der Waals surface area contributed by atoms with Crippen LogP contribution in [0.1, 0.15) is 0 Å². The molecular formula is C39H21N3O2. The van der Waals surface area contributed by atoms with E-state index in [0.717, 1.165) is 71.7 Å². The maximum absolute atomic E-state index is 6.74. The lowest BCUT2D eigenvalue weighted by Gasteiger charge is -2.22. The Hall–Kier alpha value is -6.07. The molecule has 3 heterocycles. The SMILES string of the molecule is c1ccc(-c2nc(-c3ccc4oc5ccccc5c4c3)nc(-c3ccc4ccc5ccc6cccc7c6c5c4c3O7)n2)cc1. The fourth-order valence-electron chi connectivity index (χ4n) is 6.63. The Labute approximate surface area is 251 Å². The number of hydrogen-bond acceptors (Lipinski definition) is 5. The van der Waals surface area contributed by atoms with Gasteiger partial charge in [-0.05, 0) is 52.6 Å². The number of aromatic nitrogens is 3. The molecule has 2 aromatic heterocycles. The average molecular weight is 564 g/mol. The highest BCUT2D eigenvalue weighted by Crippen LogP contribution is 2.50. The first-order valence-electron chi connectivity index (χ1n) is 14.6.